The monoisotopic (exact) mass is 160 g/mol. The summed E-state index contributed by atoms with van der Waals surface area (Å²) in [4.78, 5) is 10.3. The molecule has 1 rings (SSSR count). The Kier molecular flexibility index (Phi) is 1.69. The molecule has 1 unspecified atom stereocenters. The summed E-state index contributed by atoms with van der Waals surface area (Å²) in [5.74, 6) is -0.931. The minimum Gasteiger partial charge on any atom is -0.478 e. The van der Waals surface area contributed by atoms with Crippen molar-refractivity contribution in [1.82, 2.24) is 0 Å². The number of allylic oxidation sites excluding steroid dienone is 1. The standard InChI is InChI=1S/C6H9O3P/c1-10(9)3-2-5(4-10)6(7)8/h2H,3-4H2,1H3,(H,7,8). The minimum atomic E-state index is -2.13. The third kappa shape index (κ3) is 1.48. The molecule has 0 saturated carbocycles. The van der Waals surface area contributed by atoms with Crippen molar-refractivity contribution in [2.75, 3.05) is 19.0 Å². The molecule has 0 aromatic heterocycles. The van der Waals surface area contributed by atoms with Gasteiger partial charge in [-0.15, -0.1) is 0 Å². The fourth-order valence-corrected chi connectivity index (χ4v) is 2.67. The number of carbonyl (C=O) groups is 1. The van der Waals surface area contributed by atoms with Crippen molar-refractivity contribution in [3.05, 3.63) is 11.6 Å². The van der Waals surface area contributed by atoms with Gasteiger partial charge in [-0.05, 0) is 6.66 Å². The molecule has 56 valence electrons. The molecule has 1 aliphatic heterocycles. The van der Waals surface area contributed by atoms with E-state index in [4.69, 9.17) is 5.11 Å². The lowest BCUT2D eigenvalue weighted by Crippen LogP contribution is -2.00. The molecular weight excluding hydrogens is 151 g/mol. The van der Waals surface area contributed by atoms with Gasteiger partial charge in [0.05, 0.1) is 7.14 Å². The number of aliphatic carboxylic acids is 1. The molecule has 0 amide bonds. The zero-order chi connectivity index (χ0) is 7.78. The Hall–Kier alpha value is -0.560. The van der Waals surface area contributed by atoms with E-state index < -0.39 is 13.1 Å². The first-order valence-electron chi connectivity index (χ1n) is 2.99. The van der Waals surface area contributed by atoms with E-state index in [2.05, 4.69) is 0 Å². The molecule has 0 aromatic rings. The van der Waals surface area contributed by atoms with Crippen molar-refractivity contribution in [3.63, 3.8) is 0 Å². The number of carboxylic acid groups (broad SMARTS) is 1. The van der Waals surface area contributed by atoms with E-state index in [1.54, 1.807) is 12.7 Å². The molecule has 10 heavy (non-hydrogen) atoms. The van der Waals surface area contributed by atoms with E-state index >= 15 is 0 Å². The summed E-state index contributed by atoms with van der Waals surface area (Å²) in [7, 11) is -2.13. The molecule has 0 aliphatic carbocycles. The predicted molar refractivity (Wildman–Crippen MR) is 39.0 cm³/mol. The van der Waals surface area contributed by atoms with E-state index in [0.717, 1.165) is 0 Å². The summed E-state index contributed by atoms with van der Waals surface area (Å²) >= 11 is 0. The number of hydrogen-bond donors (Lipinski definition) is 1. The average Bonchev–Trinajstić information content (AvgIpc) is 2.10. The molecule has 1 heterocycles. The van der Waals surface area contributed by atoms with Crippen LogP contribution in [0.5, 0.6) is 0 Å². The lowest BCUT2D eigenvalue weighted by molar-refractivity contribution is -0.132. The van der Waals surface area contributed by atoms with Crippen LogP contribution in [-0.4, -0.2) is 30.1 Å². The fraction of sp³-hybridized carbons (Fsp3) is 0.500. The van der Waals surface area contributed by atoms with Gasteiger partial charge in [-0.2, -0.15) is 0 Å². The Bertz CT molecular complexity index is 241. The Morgan fingerprint density at radius 3 is 2.60 bits per heavy atom. The molecule has 3 nitrogen and oxygen atoms in total. The van der Waals surface area contributed by atoms with Crippen molar-refractivity contribution in [3.8, 4) is 0 Å². The van der Waals surface area contributed by atoms with Gasteiger partial charge in [-0.1, -0.05) is 6.08 Å². The molecule has 0 bridgehead atoms. The first kappa shape index (κ1) is 7.55. The molecule has 1 N–H and O–H groups in total. The van der Waals surface area contributed by atoms with Crippen LogP contribution in [0.15, 0.2) is 11.6 Å². The van der Waals surface area contributed by atoms with E-state index in [0.29, 0.717) is 11.7 Å². The second kappa shape index (κ2) is 2.24. The van der Waals surface area contributed by atoms with Crippen molar-refractivity contribution in [2.24, 2.45) is 0 Å². The summed E-state index contributed by atoms with van der Waals surface area (Å²) < 4.78 is 11.2. The Morgan fingerprint density at radius 1 is 1.80 bits per heavy atom. The largest absolute Gasteiger partial charge is 0.478 e. The van der Waals surface area contributed by atoms with Crippen molar-refractivity contribution >= 4 is 13.1 Å². The molecule has 1 aliphatic rings. The predicted octanol–water partition coefficient (Wildman–Crippen LogP) is 1.00. The van der Waals surface area contributed by atoms with Gasteiger partial charge in [0.25, 0.3) is 0 Å². The molecule has 0 aromatic carbocycles. The smallest absolute Gasteiger partial charge is 0.331 e. The van der Waals surface area contributed by atoms with Crippen LogP contribution in [0.3, 0.4) is 0 Å². The second-order valence-electron chi connectivity index (χ2n) is 2.67. The van der Waals surface area contributed by atoms with Gasteiger partial charge in [0.2, 0.25) is 0 Å². The van der Waals surface area contributed by atoms with Crippen LogP contribution in [0.25, 0.3) is 0 Å². The molecule has 0 radical (unpaired) electrons. The highest BCUT2D eigenvalue weighted by Crippen LogP contribution is 2.47. The van der Waals surface area contributed by atoms with Gasteiger partial charge in [0.1, 0.15) is 0 Å². The zero-order valence-corrected chi connectivity index (χ0v) is 6.60. The van der Waals surface area contributed by atoms with E-state index in [1.807, 2.05) is 0 Å². The van der Waals surface area contributed by atoms with Gasteiger partial charge in [0, 0.05) is 17.9 Å². The molecule has 4 heteroatoms. The zero-order valence-electron chi connectivity index (χ0n) is 5.70. The number of hydrogen-bond acceptors (Lipinski definition) is 2. The van der Waals surface area contributed by atoms with Gasteiger partial charge in [-0.3, -0.25) is 0 Å². The maximum absolute atomic E-state index is 11.2. The molecule has 0 saturated heterocycles. The lowest BCUT2D eigenvalue weighted by atomic mass is 10.3. The highest BCUT2D eigenvalue weighted by atomic mass is 31.2. The van der Waals surface area contributed by atoms with Crippen LogP contribution < -0.4 is 0 Å². The molecule has 0 spiro atoms. The molecule has 0 fully saturated rings. The van der Waals surface area contributed by atoms with E-state index in [9.17, 15) is 9.36 Å². The number of carboxylic acids is 1. The normalized spacial score (nSPS) is 31.9. The highest BCUT2D eigenvalue weighted by molar-refractivity contribution is 7.64. The molecular formula is C6H9O3P. The van der Waals surface area contributed by atoms with Gasteiger partial charge in [-0.25, -0.2) is 4.79 Å². The summed E-state index contributed by atoms with van der Waals surface area (Å²) in [5, 5.41) is 8.46. The van der Waals surface area contributed by atoms with Crippen molar-refractivity contribution in [1.29, 1.82) is 0 Å². The summed E-state index contributed by atoms with van der Waals surface area (Å²) in [6, 6.07) is 0. The van der Waals surface area contributed by atoms with Crippen LogP contribution in [0, 0.1) is 0 Å². The average molecular weight is 160 g/mol. The van der Waals surface area contributed by atoms with Crippen LogP contribution >= 0.6 is 7.14 Å². The maximum Gasteiger partial charge on any atom is 0.331 e. The summed E-state index contributed by atoms with van der Waals surface area (Å²) in [6.07, 6.45) is 2.28. The third-order valence-corrected chi connectivity index (χ3v) is 3.47. The third-order valence-electron chi connectivity index (χ3n) is 1.50. The van der Waals surface area contributed by atoms with Gasteiger partial charge < -0.3 is 9.67 Å². The first-order valence-corrected chi connectivity index (χ1v) is 5.51. The molecule has 1 atom stereocenters. The summed E-state index contributed by atoms with van der Waals surface area (Å²) in [5.41, 5.74) is 0.311. The van der Waals surface area contributed by atoms with Gasteiger partial charge >= 0.3 is 5.97 Å². The van der Waals surface area contributed by atoms with Crippen LogP contribution in [0.1, 0.15) is 0 Å². The quantitative estimate of drug-likeness (QED) is 0.582. The lowest BCUT2D eigenvalue weighted by Gasteiger charge is -2.00. The summed E-state index contributed by atoms with van der Waals surface area (Å²) in [6.45, 7) is 1.64. The highest BCUT2D eigenvalue weighted by Gasteiger charge is 2.25. The van der Waals surface area contributed by atoms with Crippen LogP contribution in [0.2, 0.25) is 0 Å². The number of rotatable bonds is 1. The van der Waals surface area contributed by atoms with Gasteiger partial charge in [0.15, 0.2) is 0 Å². The fourth-order valence-electron chi connectivity index (χ4n) is 0.948. The van der Waals surface area contributed by atoms with Crippen LogP contribution in [-0.2, 0) is 9.36 Å². The SMILES string of the molecule is CP1(=O)CC=C(C(=O)O)C1. The minimum absolute atomic E-state index is 0.266. The van der Waals surface area contributed by atoms with Crippen molar-refractivity contribution < 1.29 is 14.5 Å². The van der Waals surface area contributed by atoms with E-state index in [1.165, 1.54) is 0 Å². The Morgan fingerprint density at radius 2 is 2.40 bits per heavy atom. The first-order chi connectivity index (χ1) is 4.51. The Labute approximate surface area is 59.1 Å². The van der Waals surface area contributed by atoms with Crippen molar-refractivity contribution in [2.45, 2.75) is 0 Å². The Balaban J connectivity index is 2.73. The van der Waals surface area contributed by atoms with E-state index in [-0.39, 0.29) is 6.16 Å². The topological polar surface area (TPSA) is 54.4 Å². The second-order valence-corrected chi connectivity index (χ2v) is 5.95. The van der Waals surface area contributed by atoms with Crippen LogP contribution in [0.4, 0.5) is 0 Å². The maximum atomic E-state index is 11.2.